The summed E-state index contributed by atoms with van der Waals surface area (Å²) >= 11 is 6.01. The van der Waals surface area contributed by atoms with Crippen LogP contribution in [0.3, 0.4) is 0 Å². The maximum Gasteiger partial charge on any atom is 0.358 e. The van der Waals surface area contributed by atoms with Gasteiger partial charge in [0, 0.05) is 11.2 Å². The van der Waals surface area contributed by atoms with Gasteiger partial charge in [-0.3, -0.25) is 4.98 Å². The first kappa shape index (κ1) is 15.1. The van der Waals surface area contributed by atoms with E-state index in [1.165, 1.54) is 22.9 Å². The molecule has 3 rings (SSSR count). The van der Waals surface area contributed by atoms with Gasteiger partial charge in [-0.1, -0.05) is 28.9 Å². The Balaban J connectivity index is 2.08. The van der Waals surface area contributed by atoms with Crippen LogP contribution in [0.4, 0.5) is 4.39 Å². The molecular weight excluding hydrogens is 323 g/mol. The minimum absolute atomic E-state index is 0.144. The van der Waals surface area contributed by atoms with Gasteiger partial charge in [0.25, 0.3) is 0 Å². The number of hydrogen-bond donors (Lipinski definition) is 1. The molecule has 0 atom stereocenters. The highest BCUT2D eigenvalue weighted by Gasteiger charge is 2.22. The highest BCUT2D eigenvalue weighted by Crippen LogP contribution is 2.23. The van der Waals surface area contributed by atoms with Gasteiger partial charge in [0.2, 0.25) is 0 Å². The summed E-state index contributed by atoms with van der Waals surface area (Å²) in [4.78, 5) is 15.5. The number of aromatic carboxylic acids is 1. The van der Waals surface area contributed by atoms with Crippen LogP contribution in [0.5, 0.6) is 0 Å². The zero-order valence-corrected chi connectivity index (χ0v) is 12.4. The summed E-state index contributed by atoms with van der Waals surface area (Å²) in [5, 5.41) is 17.1. The van der Waals surface area contributed by atoms with Crippen molar-refractivity contribution in [2.45, 2.75) is 6.54 Å². The lowest BCUT2D eigenvalue weighted by molar-refractivity contribution is 0.0691. The standard InChI is InChI=1S/C15H10ClFN4O2/c16-11-7-10(17)5-4-9(11)8-21-14(12-3-1-2-6-18-12)13(15(22)23)19-20-21/h1-7H,8H2,(H,22,23). The highest BCUT2D eigenvalue weighted by molar-refractivity contribution is 6.31. The smallest absolute Gasteiger partial charge is 0.358 e. The Bertz CT molecular complexity index is 867. The fraction of sp³-hybridized carbons (Fsp3) is 0.0667. The first-order valence-corrected chi connectivity index (χ1v) is 6.96. The topological polar surface area (TPSA) is 80.9 Å². The molecule has 0 aliphatic carbocycles. The van der Waals surface area contributed by atoms with Crippen LogP contribution in [0.2, 0.25) is 5.02 Å². The van der Waals surface area contributed by atoms with Gasteiger partial charge in [0.05, 0.1) is 12.2 Å². The van der Waals surface area contributed by atoms with E-state index < -0.39 is 11.8 Å². The predicted molar refractivity (Wildman–Crippen MR) is 80.7 cm³/mol. The van der Waals surface area contributed by atoms with E-state index in [2.05, 4.69) is 15.3 Å². The molecule has 0 aliphatic rings. The Hall–Kier alpha value is -2.80. The lowest BCUT2D eigenvalue weighted by Crippen LogP contribution is -2.07. The number of aromatic nitrogens is 4. The van der Waals surface area contributed by atoms with Crippen LogP contribution in [-0.2, 0) is 6.54 Å². The van der Waals surface area contributed by atoms with Gasteiger partial charge >= 0.3 is 5.97 Å². The Labute approximate surface area is 135 Å². The highest BCUT2D eigenvalue weighted by atomic mass is 35.5. The normalized spacial score (nSPS) is 10.7. The van der Waals surface area contributed by atoms with E-state index in [-0.39, 0.29) is 23.0 Å². The molecule has 0 saturated heterocycles. The van der Waals surface area contributed by atoms with E-state index in [9.17, 15) is 14.3 Å². The SMILES string of the molecule is O=C(O)c1nnn(Cc2ccc(F)cc2Cl)c1-c1ccccn1. The fourth-order valence-electron chi connectivity index (χ4n) is 2.14. The average molecular weight is 333 g/mol. The fourth-order valence-corrected chi connectivity index (χ4v) is 2.36. The first-order chi connectivity index (χ1) is 11.1. The second-order valence-corrected chi connectivity index (χ2v) is 5.11. The number of carboxylic acid groups (broad SMARTS) is 1. The van der Waals surface area contributed by atoms with E-state index >= 15 is 0 Å². The number of carbonyl (C=O) groups is 1. The van der Waals surface area contributed by atoms with Crippen molar-refractivity contribution in [2.24, 2.45) is 0 Å². The summed E-state index contributed by atoms with van der Waals surface area (Å²) in [7, 11) is 0. The van der Waals surface area contributed by atoms with Crippen LogP contribution in [0.25, 0.3) is 11.4 Å². The molecule has 0 saturated carbocycles. The predicted octanol–water partition coefficient (Wildman–Crippen LogP) is 2.88. The molecule has 0 fully saturated rings. The maximum absolute atomic E-state index is 13.1. The largest absolute Gasteiger partial charge is 0.476 e. The molecule has 8 heteroatoms. The number of pyridine rings is 1. The molecule has 2 heterocycles. The van der Waals surface area contributed by atoms with Crippen molar-refractivity contribution in [3.05, 3.63) is 64.7 Å². The molecule has 6 nitrogen and oxygen atoms in total. The molecule has 0 bridgehead atoms. The summed E-state index contributed by atoms with van der Waals surface area (Å²) in [5.41, 5.74) is 1.07. The van der Waals surface area contributed by atoms with Gasteiger partial charge < -0.3 is 5.11 Å². The van der Waals surface area contributed by atoms with E-state index in [1.54, 1.807) is 24.4 Å². The molecule has 0 unspecified atom stereocenters. The van der Waals surface area contributed by atoms with E-state index in [0.29, 0.717) is 11.3 Å². The number of carboxylic acids is 1. The van der Waals surface area contributed by atoms with Crippen LogP contribution < -0.4 is 0 Å². The summed E-state index contributed by atoms with van der Waals surface area (Å²) in [6.45, 7) is 0.144. The third-order valence-electron chi connectivity index (χ3n) is 3.18. The molecule has 2 aromatic heterocycles. The second kappa shape index (κ2) is 6.13. The summed E-state index contributed by atoms with van der Waals surface area (Å²) in [6.07, 6.45) is 1.54. The number of hydrogen-bond acceptors (Lipinski definition) is 4. The van der Waals surface area contributed by atoms with Crippen molar-refractivity contribution in [1.82, 2.24) is 20.0 Å². The summed E-state index contributed by atoms with van der Waals surface area (Å²) < 4.78 is 14.5. The Morgan fingerprint density at radius 1 is 1.30 bits per heavy atom. The number of rotatable bonds is 4. The van der Waals surface area contributed by atoms with Crippen molar-refractivity contribution in [3.63, 3.8) is 0 Å². The number of nitrogens with zero attached hydrogens (tertiary/aromatic N) is 4. The third kappa shape index (κ3) is 3.04. The van der Waals surface area contributed by atoms with Crippen LogP contribution in [0, 0.1) is 5.82 Å². The van der Waals surface area contributed by atoms with Crippen LogP contribution in [0.1, 0.15) is 16.1 Å². The molecule has 1 aromatic carbocycles. The van der Waals surface area contributed by atoms with Gasteiger partial charge in [0.1, 0.15) is 11.5 Å². The quantitative estimate of drug-likeness (QED) is 0.794. The lowest BCUT2D eigenvalue weighted by Gasteiger charge is -2.08. The molecule has 0 aliphatic heterocycles. The summed E-state index contributed by atoms with van der Waals surface area (Å²) in [6, 6.07) is 9.09. The summed E-state index contributed by atoms with van der Waals surface area (Å²) in [5.74, 6) is -1.66. The Kier molecular flexibility index (Phi) is 4.03. The third-order valence-corrected chi connectivity index (χ3v) is 3.53. The van der Waals surface area contributed by atoms with Gasteiger partial charge in [-0.05, 0) is 29.8 Å². The molecule has 0 amide bonds. The minimum Gasteiger partial charge on any atom is -0.476 e. The minimum atomic E-state index is -1.21. The molecule has 3 aromatic rings. The monoisotopic (exact) mass is 332 g/mol. The van der Waals surface area contributed by atoms with Crippen LogP contribution in [0.15, 0.2) is 42.6 Å². The van der Waals surface area contributed by atoms with Gasteiger partial charge in [-0.25, -0.2) is 13.9 Å². The Morgan fingerprint density at radius 2 is 2.13 bits per heavy atom. The zero-order valence-electron chi connectivity index (χ0n) is 11.6. The van der Waals surface area contributed by atoms with Gasteiger partial charge in [0.15, 0.2) is 5.69 Å². The van der Waals surface area contributed by atoms with Crippen molar-refractivity contribution >= 4 is 17.6 Å². The second-order valence-electron chi connectivity index (χ2n) is 4.70. The van der Waals surface area contributed by atoms with Gasteiger partial charge in [-0.15, -0.1) is 5.10 Å². The lowest BCUT2D eigenvalue weighted by atomic mass is 10.2. The van der Waals surface area contributed by atoms with Crippen molar-refractivity contribution in [1.29, 1.82) is 0 Å². The van der Waals surface area contributed by atoms with Crippen molar-refractivity contribution < 1.29 is 14.3 Å². The zero-order chi connectivity index (χ0) is 16.4. The molecule has 116 valence electrons. The molecule has 0 radical (unpaired) electrons. The number of halogens is 2. The van der Waals surface area contributed by atoms with Crippen molar-refractivity contribution in [2.75, 3.05) is 0 Å². The molecule has 1 N–H and O–H groups in total. The van der Waals surface area contributed by atoms with E-state index in [1.807, 2.05) is 0 Å². The van der Waals surface area contributed by atoms with Crippen molar-refractivity contribution in [3.8, 4) is 11.4 Å². The average Bonchev–Trinajstić information content (AvgIpc) is 2.95. The molecular formula is C15H10ClFN4O2. The molecule has 0 spiro atoms. The van der Waals surface area contributed by atoms with E-state index in [4.69, 9.17) is 11.6 Å². The first-order valence-electron chi connectivity index (χ1n) is 6.58. The Morgan fingerprint density at radius 3 is 2.78 bits per heavy atom. The number of benzene rings is 1. The van der Waals surface area contributed by atoms with E-state index in [0.717, 1.165) is 0 Å². The van der Waals surface area contributed by atoms with Gasteiger partial charge in [-0.2, -0.15) is 0 Å². The van der Waals surface area contributed by atoms with Crippen LogP contribution in [-0.4, -0.2) is 31.1 Å². The van der Waals surface area contributed by atoms with Crippen LogP contribution >= 0.6 is 11.6 Å². The molecule has 23 heavy (non-hydrogen) atoms. The maximum atomic E-state index is 13.1.